The lowest BCUT2D eigenvalue weighted by Crippen LogP contribution is -2.11. The van der Waals surface area contributed by atoms with Gasteiger partial charge in [0.15, 0.2) is 0 Å². The number of hydrogen-bond donors (Lipinski definition) is 1. The molecular formula is C11H9BrINO. The molecule has 2 nitrogen and oxygen atoms in total. The fourth-order valence-electron chi connectivity index (χ4n) is 1.35. The Morgan fingerprint density at radius 2 is 1.87 bits per heavy atom. The highest BCUT2D eigenvalue weighted by Gasteiger charge is 2.15. The normalized spacial score (nSPS) is 12.7. The van der Waals surface area contributed by atoms with E-state index in [1.807, 2.05) is 30.3 Å². The van der Waals surface area contributed by atoms with E-state index in [1.165, 1.54) is 3.57 Å². The first-order valence-electron chi connectivity index (χ1n) is 4.42. The van der Waals surface area contributed by atoms with Crippen molar-refractivity contribution < 1.29 is 4.42 Å². The van der Waals surface area contributed by atoms with Gasteiger partial charge in [0, 0.05) is 3.57 Å². The third-order valence-corrected chi connectivity index (χ3v) is 3.53. The summed E-state index contributed by atoms with van der Waals surface area (Å²) in [4.78, 5) is 0. The number of rotatable bonds is 2. The van der Waals surface area contributed by atoms with Gasteiger partial charge in [0.1, 0.15) is 5.76 Å². The van der Waals surface area contributed by atoms with Crippen LogP contribution >= 0.6 is 38.5 Å². The maximum atomic E-state index is 6.09. The van der Waals surface area contributed by atoms with Crippen molar-refractivity contribution in [1.82, 2.24) is 0 Å². The van der Waals surface area contributed by atoms with Crippen LogP contribution in [0.25, 0.3) is 0 Å². The molecule has 1 aromatic carbocycles. The van der Waals surface area contributed by atoms with E-state index in [0.717, 1.165) is 15.8 Å². The molecule has 15 heavy (non-hydrogen) atoms. The summed E-state index contributed by atoms with van der Waals surface area (Å²) in [6, 6.07) is 9.73. The molecule has 2 N–H and O–H groups in total. The molecule has 1 unspecified atom stereocenters. The fourth-order valence-corrected chi connectivity index (χ4v) is 2.16. The first-order chi connectivity index (χ1) is 7.18. The summed E-state index contributed by atoms with van der Waals surface area (Å²) >= 11 is 5.67. The molecule has 0 radical (unpaired) electrons. The Morgan fingerprint density at radius 3 is 2.40 bits per heavy atom. The molecular weight excluding hydrogens is 369 g/mol. The van der Waals surface area contributed by atoms with Crippen LogP contribution in [0.4, 0.5) is 0 Å². The molecule has 0 bridgehead atoms. The summed E-state index contributed by atoms with van der Waals surface area (Å²) in [6.45, 7) is 0. The zero-order valence-electron chi connectivity index (χ0n) is 7.78. The molecule has 2 aromatic rings. The maximum Gasteiger partial charge on any atom is 0.139 e. The monoisotopic (exact) mass is 377 g/mol. The molecule has 0 aliphatic carbocycles. The van der Waals surface area contributed by atoms with Crippen LogP contribution in [-0.2, 0) is 0 Å². The van der Waals surface area contributed by atoms with Gasteiger partial charge in [0.2, 0.25) is 0 Å². The van der Waals surface area contributed by atoms with Gasteiger partial charge in [-0.3, -0.25) is 0 Å². The smallest absolute Gasteiger partial charge is 0.139 e. The third kappa shape index (κ3) is 2.43. The van der Waals surface area contributed by atoms with Gasteiger partial charge < -0.3 is 10.2 Å². The van der Waals surface area contributed by atoms with E-state index in [0.29, 0.717) is 0 Å². The van der Waals surface area contributed by atoms with Crippen LogP contribution in [0.2, 0.25) is 0 Å². The Hall–Kier alpha value is -0.330. The molecule has 4 heteroatoms. The zero-order valence-corrected chi connectivity index (χ0v) is 11.5. The van der Waals surface area contributed by atoms with Gasteiger partial charge in [-0.25, -0.2) is 0 Å². The predicted molar refractivity (Wildman–Crippen MR) is 71.6 cm³/mol. The van der Waals surface area contributed by atoms with Crippen LogP contribution in [0.3, 0.4) is 0 Å². The van der Waals surface area contributed by atoms with E-state index in [1.54, 1.807) is 6.26 Å². The van der Waals surface area contributed by atoms with E-state index >= 15 is 0 Å². The van der Waals surface area contributed by atoms with Crippen molar-refractivity contribution in [1.29, 1.82) is 0 Å². The number of nitrogens with two attached hydrogens (primary N) is 1. The Labute approximate surface area is 110 Å². The largest absolute Gasteiger partial charge is 0.466 e. The molecule has 0 aliphatic heterocycles. The molecule has 1 aromatic heterocycles. The van der Waals surface area contributed by atoms with Crippen LogP contribution in [0.15, 0.2) is 45.5 Å². The summed E-state index contributed by atoms with van der Waals surface area (Å²) in [6.07, 6.45) is 1.63. The zero-order chi connectivity index (χ0) is 10.8. The minimum absolute atomic E-state index is 0.216. The van der Waals surface area contributed by atoms with Crippen LogP contribution in [-0.4, -0.2) is 0 Å². The lowest BCUT2D eigenvalue weighted by Gasteiger charge is -2.09. The second kappa shape index (κ2) is 4.67. The van der Waals surface area contributed by atoms with Gasteiger partial charge in [-0.1, -0.05) is 12.1 Å². The lowest BCUT2D eigenvalue weighted by molar-refractivity contribution is 0.487. The van der Waals surface area contributed by atoms with E-state index in [-0.39, 0.29) is 6.04 Å². The minimum Gasteiger partial charge on any atom is -0.466 e. The highest BCUT2D eigenvalue weighted by atomic mass is 127. The van der Waals surface area contributed by atoms with Crippen molar-refractivity contribution in [2.24, 2.45) is 5.73 Å². The molecule has 1 heterocycles. The van der Waals surface area contributed by atoms with Crippen molar-refractivity contribution in [2.75, 3.05) is 0 Å². The molecule has 78 valence electrons. The Balaban J connectivity index is 2.32. The average Bonchev–Trinajstić information content (AvgIpc) is 2.65. The molecule has 0 amide bonds. The van der Waals surface area contributed by atoms with Crippen molar-refractivity contribution in [3.8, 4) is 0 Å². The Morgan fingerprint density at radius 1 is 1.20 bits per heavy atom. The molecule has 0 fully saturated rings. The number of furan rings is 1. The Bertz CT molecular complexity index is 452. The van der Waals surface area contributed by atoms with Crippen molar-refractivity contribution in [2.45, 2.75) is 6.04 Å². The van der Waals surface area contributed by atoms with E-state index in [2.05, 4.69) is 38.5 Å². The topological polar surface area (TPSA) is 39.2 Å². The van der Waals surface area contributed by atoms with Gasteiger partial charge in [0.25, 0.3) is 0 Å². The van der Waals surface area contributed by atoms with Crippen LogP contribution in [0, 0.1) is 3.57 Å². The van der Waals surface area contributed by atoms with Crippen LogP contribution in [0.5, 0.6) is 0 Å². The highest BCUT2D eigenvalue weighted by molar-refractivity contribution is 14.1. The average molecular weight is 378 g/mol. The summed E-state index contributed by atoms with van der Waals surface area (Å²) in [5, 5.41) is 0. The number of hydrogen-bond acceptors (Lipinski definition) is 2. The number of benzene rings is 1. The molecule has 0 spiro atoms. The summed E-state index contributed by atoms with van der Waals surface area (Å²) < 4.78 is 7.44. The summed E-state index contributed by atoms with van der Waals surface area (Å²) in [5.74, 6) is 0.760. The summed E-state index contributed by atoms with van der Waals surface area (Å²) in [7, 11) is 0. The first kappa shape index (κ1) is 11.2. The second-order valence-electron chi connectivity index (χ2n) is 3.16. The molecule has 0 aliphatic rings. The Kier molecular flexibility index (Phi) is 3.48. The van der Waals surface area contributed by atoms with Crippen molar-refractivity contribution in [3.63, 3.8) is 0 Å². The van der Waals surface area contributed by atoms with Gasteiger partial charge in [0.05, 0.1) is 16.8 Å². The highest BCUT2D eigenvalue weighted by Crippen LogP contribution is 2.27. The molecule has 0 saturated heterocycles. The van der Waals surface area contributed by atoms with Gasteiger partial charge >= 0.3 is 0 Å². The van der Waals surface area contributed by atoms with Gasteiger partial charge in [-0.15, -0.1) is 0 Å². The quantitative estimate of drug-likeness (QED) is 0.810. The van der Waals surface area contributed by atoms with Crippen LogP contribution < -0.4 is 5.73 Å². The van der Waals surface area contributed by atoms with E-state index < -0.39 is 0 Å². The first-order valence-corrected chi connectivity index (χ1v) is 6.29. The van der Waals surface area contributed by atoms with Crippen LogP contribution in [0.1, 0.15) is 17.4 Å². The minimum atomic E-state index is -0.216. The van der Waals surface area contributed by atoms with Gasteiger partial charge in [-0.2, -0.15) is 0 Å². The lowest BCUT2D eigenvalue weighted by atomic mass is 10.1. The van der Waals surface area contributed by atoms with Crippen molar-refractivity contribution >= 4 is 38.5 Å². The predicted octanol–water partition coefficient (Wildman–Crippen LogP) is 3.69. The summed E-state index contributed by atoms with van der Waals surface area (Å²) in [5.41, 5.74) is 7.13. The molecule has 0 saturated carbocycles. The molecule has 2 rings (SSSR count). The second-order valence-corrected chi connectivity index (χ2v) is 5.26. The van der Waals surface area contributed by atoms with Crippen molar-refractivity contribution in [3.05, 3.63) is 56.0 Å². The van der Waals surface area contributed by atoms with E-state index in [9.17, 15) is 0 Å². The standard InChI is InChI=1S/C11H9BrINO/c12-9-5-6-15-11(9)10(14)7-1-3-8(13)4-2-7/h1-6,10H,14H2. The third-order valence-electron chi connectivity index (χ3n) is 2.16. The van der Waals surface area contributed by atoms with Gasteiger partial charge in [-0.05, 0) is 62.3 Å². The maximum absolute atomic E-state index is 6.09. The van der Waals surface area contributed by atoms with E-state index in [4.69, 9.17) is 10.2 Å². The fraction of sp³-hybridized carbons (Fsp3) is 0.0909. The SMILES string of the molecule is NC(c1ccc(I)cc1)c1occc1Br. The molecule has 1 atom stereocenters. The number of halogens is 2.